The molecule has 0 spiro atoms. The lowest BCUT2D eigenvalue weighted by Crippen LogP contribution is -2.48. The van der Waals surface area contributed by atoms with Crippen molar-refractivity contribution in [2.45, 2.75) is 66.5 Å². The molecule has 2 rings (SSSR count). The van der Waals surface area contributed by atoms with E-state index in [0.29, 0.717) is 27.6 Å². The molecule has 0 bridgehead atoms. The number of hydrogen-bond acceptors (Lipinski definition) is 9. The Kier molecular flexibility index (Phi) is 13.0. The van der Waals surface area contributed by atoms with E-state index in [2.05, 4.69) is 28.6 Å². The molecule has 1 aromatic carbocycles. The third kappa shape index (κ3) is 9.55. The highest BCUT2D eigenvalue weighted by atomic mass is 32.2. The zero-order chi connectivity index (χ0) is 31.6. The molecule has 0 fully saturated rings. The second-order valence-electron chi connectivity index (χ2n) is 10.5. The van der Waals surface area contributed by atoms with Crippen molar-refractivity contribution in [3.63, 3.8) is 0 Å². The Morgan fingerprint density at radius 3 is 2.14 bits per heavy atom. The Morgan fingerprint density at radius 2 is 1.62 bits per heavy atom. The van der Waals surface area contributed by atoms with Crippen molar-refractivity contribution in [2.24, 2.45) is 11.8 Å². The number of esters is 2. The standard InChI is InChI=1S/C29H41N3O8S2/c1-8-30-29(36)42(37,38)31-27-23(16-22(41-27)15-18(2)3)21-11-9-20(10-12-21)17-32(24(33)13-14-25(34)39-6)26(19(4)5)28(35)40-7/h9-12,16,18-19,26,31H,8,13-15,17H2,1-7H3,(H,30,36). The fourth-order valence-electron chi connectivity index (χ4n) is 4.31. The zero-order valence-corrected chi connectivity index (χ0v) is 26.8. The van der Waals surface area contributed by atoms with Gasteiger partial charge in [-0.05, 0) is 42.4 Å². The van der Waals surface area contributed by atoms with Gasteiger partial charge in [0.25, 0.3) is 0 Å². The van der Waals surface area contributed by atoms with Gasteiger partial charge >= 0.3 is 27.2 Å². The van der Waals surface area contributed by atoms with Gasteiger partial charge in [-0.1, -0.05) is 52.0 Å². The molecule has 42 heavy (non-hydrogen) atoms. The predicted octanol–water partition coefficient (Wildman–Crippen LogP) is 4.56. The second kappa shape index (κ2) is 15.7. The predicted molar refractivity (Wildman–Crippen MR) is 162 cm³/mol. The van der Waals surface area contributed by atoms with Gasteiger partial charge in [-0.15, -0.1) is 11.3 Å². The maximum Gasteiger partial charge on any atom is 0.357 e. The van der Waals surface area contributed by atoms with Gasteiger partial charge in [0, 0.05) is 30.0 Å². The lowest BCUT2D eigenvalue weighted by Gasteiger charge is -2.32. The summed E-state index contributed by atoms with van der Waals surface area (Å²) in [5, 5.41) is 1.54. The summed E-state index contributed by atoms with van der Waals surface area (Å²) in [4.78, 5) is 52.0. The van der Waals surface area contributed by atoms with Crippen LogP contribution in [0.3, 0.4) is 0 Å². The lowest BCUT2D eigenvalue weighted by atomic mass is 10.00. The normalized spacial score (nSPS) is 12.1. The Labute approximate surface area is 252 Å². The van der Waals surface area contributed by atoms with Crippen LogP contribution < -0.4 is 10.0 Å². The van der Waals surface area contributed by atoms with E-state index >= 15 is 0 Å². The number of sulfonamides is 1. The number of nitrogens with one attached hydrogen (secondary N) is 2. The molecule has 1 aromatic heterocycles. The molecule has 0 aliphatic carbocycles. The molecule has 1 unspecified atom stereocenters. The maximum atomic E-state index is 13.2. The first kappa shape index (κ1) is 34.7. The average molecular weight is 624 g/mol. The Morgan fingerprint density at radius 1 is 0.976 bits per heavy atom. The van der Waals surface area contributed by atoms with Crippen LogP contribution in [0.4, 0.5) is 9.80 Å². The monoisotopic (exact) mass is 623 g/mol. The van der Waals surface area contributed by atoms with Gasteiger partial charge in [0.2, 0.25) is 5.91 Å². The minimum absolute atomic E-state index is 0.0805. The van der Waals surface area contributed by atoms with E-state index in [1.807, 2.05) is 6.07 Å². The van der Waals surface area contributed by atoms with Crippen LogP contribution in [0.25, 0.3) is 11.1 Å². The van der Waals surface area contributed by atoms with Crippen LogP contribution >= 0.6 is 11.3 Å². The summed E-state index contributed by atoms with van der Waals surface area (Å²) in [5.74, 6) is -1.42. The molecule has 1 atom stereocenters. The number of thiophene rings is 1. The molecule has 2 N–H and O–H groups in total. The molecular formula is C29H41N3O8S2. The van der Waals surface area contributed by atoms with Gasteiger partial charge in [0.1, 0.15) is 11.0 Å². The highest BCUT2D eigenvalue weighted by Gasteiger charge is 2.33. The number of carbonyl (C=O) groups is 4. The molecule has 0 radical (unpaired) electrons. The molecule has 0 saturated heterocycles. The van der Waals surface area contributed by atoms with Crippen molar-refractivity contribution >= 4 is 49.4 Å². The van der Waals surface area contributed by atoms with Gasteiger partial charge < -0.3 is 19.7 Å². The summed E-state index contributed by atoms with van der Waals surface area (Å²) >= 11 is 1.27. The molecule has 2 amide bonds. The number of anilines is 1. The molecular weight excluding hydrogens is 582 g/mol. The van der Waals surface area contributed by atoms with E-state index in [1.54, 1.807) is 45.0 Å². The van der Waals surface area contributed by atoms with E-state index in [4.69, 9.17) is 4.74 Å². The van der Waals surface area contributed by atoms with E-state index < -0.39 is 39.2 Å². The van der Waals surface area contributed by atoms with Crippen LogP contribution in [0.2, 0.25) is 0 Å². The first-order valence-electron chi connectivity index (χ1n) is 13.7. The van der Waals surface area contributed by atoms with Crippen LogP contribution in [0.1, 0.15) is 57.9 Å². The Bertz CT molecular complexity index is 1350. The number of hydrogen-bond donors (Lipinski definition) is 2. The molecule has 0 aliphatic heterocycles. The van der Waals surface area contributed by atoms with Gasteiger partial charge in [-0.2, -0.15) is 8.42 Å². The fraction of sp³-hybridized carbons (Fsp3) is 0.517. The van der Waals surface area contributed by atoms with Crippen LogP contribution in [0.15, 0.2) is 30.3 Å². The third-order valence-corrected chi connectivity index (χ3v) is 8.61. The molecule has 11 nitrogen and oxygen atoms in total. The number of carbonyl (C=O) groups excluding carboxylic acids is 4. The number of rotatable bonds is 14. The van der Waals surface area contributed by atoms with E-state index in [0.717, 1.165) is 11.3 Å². The van der Waals surface area contributed by atoms with Crippen LogP contribution in [-0.2, 0) is 46.8 Å². The SMILES string of the molecule is CCNC(=O)S(=O)(=O)Nc1sc(CC(C)C)cc1-c1ccc(CN(C(=O)CCC(=O)OC)C(C(=O)OC)C(C)C)cc1. The number of nitrogens with zero attached hydrogens (tertiary/aromatic N) is 1. The second-order valence-corrected chi connectivity index (χ2v) is 13.2. The maximum absolute atomic E-state index is 13.2. The molecule has 13 heteroatoms. The van der Waals surface area contributed by atoms with Crippen molar-refractivity contribution in [2.75, 3.05) is 25.5 Å². The first-order chi connectivity index (χ1) is 19.7. The lowest BCUT2D eigenvalue weighted by molar-refractivity contribution is -0.156. The van der Waals surface area contributed by atoms with Gasteiger partial charge in [0.05, 0.1) is 20.6 Å². The van der Waals surface area contributed by atoms with Crippen molar-refractivity contribution in [1.82, 2.24) is 10.2 Å². The van der Waals surface area contributed by atoms with Crippen LogP contribution in [0, 0.1) is 11.8 Å². The fourth-order valence-corrected chi connectivity index (χ4v) is 6.73. The molecule has 232 valence electrons. The highest BCUT2D eigenvalue weighted by molar-refractivity contribution is 8.07. The van der Waals surface area contributed by atoms with E-state index in [9.17, 15) is 27.6 Å². The quantitative estimate of drug-likeness (QED) is 0.291. The summed E-state index contributed by atoms with van der Waals surface area (Å²) in [7, 11) is -1.80. The summed E-state index contributed by atoms with van der Waals surface area (Å²) in [6.45, 7) is 9.62. The Balaban J connectivity index is 2.44. The van der Waals surface area contributed by atoms with E-state index in [1.165, 1.54) is 30.5 Å². The van der Waals surface area contributed by atoms with Crippen molar-refractivity contribution in [3.8, 4) is 11.1 Å². The van der Waals surface area contributed by atoms with Gasteiger partial charge in [-0.3, -0.25) is 19.1 Å². The summed E-state index contributed by atoms with van der Waals surface area (Å²) in [6.07, 6.45) is 0.474. The topological polar surface area (TPSA) is 148 Å². The third-order valence-electron chi connectivity index (χ3n) is 6.30. The number of methoxy groups -OCH3 is 2. The number of amides is 2. The smallest absolute Gasteiger partial charge is 0.357 e. The van der Waals surface area contributed by atoms with Gasteiger partial charge in [0.15, 0.2) is 0 Å². The minimum atomic E-state index is -4.31. The summed E-state index contributed by atoms with van der Waals surface area (Å²) < 4.78 is 37.3. The van der Waals surface area contributed by atoms with Crippen molar-refractivity contribution in [3.05, 3.63) is 40.8 Å². The number of ether oxygens (including phenoxy) is 2. The minimum Gasteiger partial charge on any atom is -0.469 e. The molecule has 0 aliphatic rings. The van der Waals surface area contributed by atoms with E-state index in [-0.39, 0.29) is 31.8 Å². The molecule has 1 heterocycles. The van der Waals surface area contributed by atoms with Crippen LogP contribution in [-0.4, -0.2) is 63.2 Å². The Hall–Kier alpha value is -3.45. The highest BCUT2D eigenvalue weighted by Crippen LogP contribution is 2.38. The van der Waals surface area contributed by atoms with Gasteiger partial charge in [-0.25, -0.2) is 4.79 Å². The first-order valence-corrected chi connectivity index (χ1v) is 16.0. The van der Waals surface area contributed by atoms with Crippen molar-refractivity contribution in [1.29, 1.82) is 0 Å². The zero-order valence-electron chi connectivity index (χ0n) is 25.2. The molecule has 2 aromatic rings. The van der Waals surface area contributed by atoms with Crippen LogP contribution in [0.5, 0.6) is 0 Å². The average Bonchev–Trinajstić information content (AvgIpc) is 3.31. The molecule has 0 saturated carbocycles. The summed E-state index contributed by atoms with van der Waals surface area (Å²) in [5.41, 5.74) is 2.04. The summed E-state index contributed by atoms with van der Waals surface area (Å²) in [6, 6.07) is 8.19. The largest absolute Gasteiger partial charge is 0.469 e. The number of benzene rings is 1. The van der Waals surface area contributed by atoms with Crippen molar-refractivity contribution < 1.29 is 37.1 Å².